The van der Waals surface area contributed by atoms with Crippen LogP contribution in [0.2, 0.25) is 0 Å². The first-order valence-electron chi connectivity index (χ1n) is 35.6. The minimum Gasteiger partial charge on any atom is -0.506 e. The molecule has 5 amide bonds. The molecular weight excluding hydrogens is 1550 g/mol. The van der Waals surface area contributed by atoms with E-state index in [1.54, 1.807) is 53.3 Å². The largest absolute Gasteiger partial charge is 0.506 e. The van der Waals surface area contributed by atoms with E-state index in [2.05, 4.69) is 60.6 Å². The number of aryl methyl sites for hydroxylation is 5. The quantitative estimate of drug-likeness (QED) is 0.0462. The predicted molar refractivity (Wildman–Crippen MR) is 409 cm³/mol. The summed E-state index contributed by atoms with van der Waals surface area (Å²) in [6.45, 7) is 12.9. The van der Waals surface area contributed by atoms with Gasteiger partial charge in [-0.1, -0.05) is 134 Å². The first-order chi connectivity index (χ1) is 51.7. The number of anilines is 5. The average Bonchev–Trinajstić information content (AvgIpc) is 1.64. The number of nitrogens with one attached hydrogen (secondary N) is 5. The van der Waals surface area contributed by atoms with Crippen molar-refractivity contribution < 1.29 is 105 Å². The van der Waals surface area contributed by atoms with E-state index in [9.17, 15) is 105 Å². The first-order valence-corrected chi connectivity index (χ1v) is 42.8. The molecule has 5 aliphatic heterocycles. The number of amides is 5. The number of aromatic hydroxyl groups is 5. The van der Waals surface area contributed by atoms with Gasteiger partial charge in [-0.15, -0.1) is 0 Å². The van der Waals surface area contributed by atoms with Crippen molar-refractivity contribution in [3.63, 3.8) is 0 Å². The monoisotopic (exact) mass is 1640 g/mol. The average molecular weight is 1650 g/mol. The van der Waals surface area contributed by atoms with E-state index < -0.39 is 105 Å². The van der Waals surface area contributed by atoms with Crippen molar-refractivity contribution in [1.29, 1.82) is 0 Å². The van der Waals surface area contributed by atoms with Gasteiger partial charge in [0.25, 0.3) is 29.5 Å². The fourth-order valence-electron chi connectivity index (χ4n) is 14.1. The molecule has 6 aromatic rings. The van der Waals surface area contributed by atoms with E-state index in [0.29, 0.717) is 16.1 Å². The van der Waals surface area contributed by atoms with Crippen LogP contribution in [0.5, 0.6) is 28.7 Å². The summed E-state index contributed by atoms with van der Waals surface area (Å²) in [6.07, 6.45) is 9.02. The summed E-state index contributed by atoms with van der Waals surface area (Å²) in [5.41, 5.74) is 9.28. The Kier molecular flexibility index (Phi) is 26.1. The number of nitrogens with zero attached hydrogens (tertiary/aromatic N) is 5. The van der Waals surface area contributed by atoms with Gasteiger partial charge in [-0.05, 0) is 175 Å². The molecule has 0 spiro atoms. The smallest absolute Gasteiger partial charge is 0.389 e. The molecule has 111 heavy (non-hydrogen) atoms. The number of hydrogen-bond acceptors (Lipinski definition) is 20. The van der Waals surface area contributed by atoms with Gasteiger partial charge in [0, 0.05) is 12.3 Å². The Balaban J connectivity index is 0.000000160. The topological polar surface area (TPSA) is 434 Å². The summed E-state index contributed by atoms with van der Waals surface area (Å²) >= 11 is 0. The zero-order valence-corrected chi connectivity index (χ0v) is 66.0. The van der Waals surface area contributed by atoms with Crippen LogP contribution in [-0.2, 0) is 101 Å². The van der Waals surface area contributed by atoms with Crippen LogP contribution in [0.4, 0.5) is 41.6 Å². The minimum absolute atomic E-state index is 0.0329. The van der Waals surface area contributed by atoms with Gasteiger partial charge in [-0.25, -0.2) is 45.1 Å². The Morgan fingerprint density at radius 3 is 0.937 bits per heavy atom. The zero-order chi connectivity index (χ0) is 81.7. The van der Waals surface area contributed by atoms with Crippen LogP contribution in [0.1, 0.15) is 154 Å². The van der Waals surface area contributed by atoms with Gasteiger partial charge in [-0.2, -0.15) is 55.3 Å². The minimum atomic E-state index is -4.32. The van der Waals surface area contributed by atoms with Crippen molar-refractivity contribution in [2.45, 2.75) is 157 Å². The molecule has 10 N–H and O–H groups in total. The Labute approximate surface area is 644 Å². The third-order valence-electron chi connectivity index (χ3n) is 19.4. The number of benzene rings is 6. The van der Waals surface area contributed by atoms with E-state index in [-0.39, 0.29) is 101 Å². The fourth-order valence-corrected chi connectivity index (χ4v) is 19.9. The van der Waals surface area contributed by atoms with Gasteiger partial charge >= 0.3 is 57.2 Å². The molecule has 2 saturated carbocycles. The maximum atomic E-state index is 12.1. The summed E-state index contributed by atoms with van der Waals surface area (Å²) in [5.74, 6) is -2.87. The van der Waals surface area contributed by atoms with Crippen molar-refractivity contribution in [3.8, 4) is 28.7 Å². The van der Waals surface area contributed by atoms with Gasteiger partial charge in [0.05, 0.1) is 28.4 Å². The van der Waals surface area contributed by atoms with Crippen LogP contribution in [0.25, 0.3) is 0 Å². The van der Waals surface area contributed by atoms with Gasteiger partial charge in [0.15, 0.2) is 0 Å². The second kappa shape index (κ2) is 34.0. The third kappa shape index (κ3) is 22.1. The lowest BCUT2D eigenvalue weighted by Crippen LogP contribution is -2.29. The molecule has 1 atom stereocenters. The van der Waals surface area contributed by atoms with Crippen LogP contribution in [0.3, 0.4) is 0 Å². The maximum absolute atomic E-state index is 12.1. The van der Waals surface area contributed by atoms with Gasteiger partial charge in [-0.3, -0.25) is 24.0 Å². The maximum Gasteiger partial charge on any atom is 0.389 e. The summed E-state index contributed by atoms with van der Waals surface area (Å²) in [7, 11) is -19.6. The highest BCUT2D eigenvalue weighted by atomic mass is 32.2. The second-order valence-electron chi connectivity index (χ2n) is 29.5. The molecule has 30 nitrogen and oxygen atoms in total. The number of hydrogen-bond donors (Lipinski definition) is 10. The predicted octanol–water partition coefficient (Wildman–Crippen LogP) is 8.27. The van der Waals surface area contributed by atoms with E-state index in [1.807, 2.05) is 31.0 Å². The van der Waals surface area contributed by atoms with E-state index in [1.165, 1.54) is 104 Å². The number of phenolic OH excluding ortho intramolecular Hbond substituents is 5. The molecular formula is C73H91F3N10O20S5. The van der Waals surface area contributed by atoms with Crippen LogP contribution in [0.15, 0.2) is 103 Å². The summed E-state index contributed by atoms with van der Waals surface area (Å²) in [4.78, 5) is 56.2. The lowest BCUT2D eigenvalue weighted by Gasteiger charge is -2.22. The summed E-state index contributed by atoms with van der Waals surface area (Å²) in [6, 6.07) is 27.5. The second-order valence-corrected chi connectivity index (χ2v) is 37.5. The molecule has 13 rings (SSSR count). The highest BCUT2D eigenvalue weighted by Gasteiger charge is 2.41. The molecule has 1 unspecified atom stereocenters. The van der Waals surface area contributed by atoms with Crippen molar-refractivity contribution in [3.05, 3.63) is 153 Å². The van der Waals surface area contributed by atoms with Crippen molar-refractivity contribution in [1.82, 2.24) is 23.6 Å². The van der Waals surface area contributed by atoms with Crippen LogP contribution >= 0.6 is 0 Å². The Morgan fingerprint density at radius 2 is 0.667 bits per heavy atom. The third-order valence-corrected chi connectivity index (χ3v) is 26.3. The standard InChI is InChI=1S/C19H22N2O4S.C15H20N2O4S.C14H18N2O4S.C14H20N2O4S.C11H11F3N2O4S/c1-11-7-12(2)19(13(3)8-11)14(4)15-5-6-16(17(22)9-15)21-10-18(23)20-26(21,24)25;18-14-9-12(8-11-4-2-1-3-5-11)6-7-13(14)17-10-15(19)16-22(17,20)21;17-13-8-11(7-10-3-1-2-4-10)5-6-12(13)16-9-14(18)15-21(16,19)20;1-14(2,3)7-6-10-4-5-11(12(17)8-10)16-9-13(18)15-21(16,19)20;12-11(13,14)4-3-7-1-2-8(9(17)5-7)16-6-10(18)15-21(16,19)20/h5-9,14,22H,10H2,1-4H3,(H,20,23);6-7,9,11,18H,1-5,8,10H2,(H,16,19);5-6,8,10,17H,1-4,7,9H2,(H,15,18);4-5,8,17H,6-7,9H2,1-3H3,(H,15,18);1-2,5,17H,3-4,6H2,(H,15,18). The highest BCUT2D eigenvalue weighted by Crippen LogP contribution is 2.41. The van der Waals surface area contributed by atoms with Gasteiger partial charge in [0.2, 0.25) is 0 Å². The number of carbonyl (C=O) groups excluding carboxylic acids is 5. The number of carbonyl (C=O) groups is 5. The number of phenols is 5. The molecule has 0 bridgehead atoms. The Bertz CT molecular complexity index is 5010. The van der Waals surface area contributed by atoms with Gasteiger partial charge in [0.1, 0.15) is 61.5 Å². The lowest BCUT2D eigenvalue weighted by molar-refractivity contribution is -0.134. The number of rotatable bonds is 15. The molecule has 5 heterocycles. The Hall–Kier alpha value is -9.79. The zero-order valence-electron chi connectivity index (χ0n) is 62.0. The van der Waals surface area contributed by atoms with E-state index >= 15 is 0 Å². The highest BCUT2D eigenvalue weighted by molar-refractivity contribution is 7.93. The van der Waals surface area contributed by atoms with Crippen molar-refractivity contribution in [2.75, 3.05) is 54.2 Å². The number of halogens is 3. The van der Waals surface area contributed by atoms with E-state index in [0.717, 1.165) is 71.2 Å². The van der Waals surface area contributed by atoms with E-state index in [4.69, 9.17) is 0 Å². The van der Waals surface area contributed by atoms with Gasteiger partial charge < -0.3 is 25.5 Å². The SMILES string of the molecule is CC(C)(C)CCc1ccc(N2CC(=O)NS2(=O)=O)c(O)c1.Cc1cc(C)c(C(C)c2ccc(N3CC(=O)NS3(=O)=O)c(O)c2)c(C)c1.O=C1CN(c2ccc(CC3CCCC3)cc2O)S(=O)(=O)N1.O=C1CN(c2ccc(CC3CCCCC3)cc2O)S(=O)(=O)N1.O=C1CN(c2ccc(CCC(F)(F)F)cc2O)S(=O)(=O)N1. The molecule has 6 aromatic carbocycles. The summed E-state index contributed by atoms with van der Waals surface area (Å²) in [5, 5.41) is 50.5. The fraction of sp³-hybridized carbons (Fsp3) is 0.438. The summed E-state index contributed by atoms with van der Waals surface area (Å²) < 4.78 is 168. The molecule has 0 aromatic heterocycles. The molecule has 7 fully saturated rings. The normalized spacial score (nSPS) is 19.2. The molecule has 2 aliphatic carbocycles. The Morgan fingerprint density at radius 1 is 0.396 bits per heavy atom. The lowest BCUT2D eigenvalue weighted by atomic mass is 9.85. The van der Waals surface area contributed by atoms with Crippen LogP contribution in [0, 0.1) is 38.0 Å². The molecule has 38 heteroatoms. The molecule has 0 radical (unpaired) electrons. The molecule has 7 aliphatic rings. The van der Waals surface area contributed by atoms with Crippen molar-refractivity contribution in [2.24, 2.45) is 17.3 Å². The first kappa shape index (κ1) is 85.2. The molecule has 604 valence electrons. The van der Waals surface area contributed by atoms with Crippen LogP contribution in [-0.4, -0.2) is 136 Å². The number of alkyl halides is 3. The van der Waals surface area contributed by atoms with Crippen molar-refractivity contribution >= 4 is 109 Å². The van der Waals surface area contributed by atoms with Crippen LogP contribution < -0.4 is 45.1 Å². The molecule has 5 saturated heterocycles.